The number of methoxy groups -OCH3 is 1. The zero-order valence-electron chi connectivity index (χ0n) is 23.0. The van der Waals surface area contributed by atoms with Crippen LogP contribution in [-0.2, 0) is 32.1 Å². The molecule has 10 nitrogen and oxygen atoms in total. The number of hydrogen-bond acceptors (Lipinski definition) is 6. The molecular weight excluding hydrogens is 505 g/mol. The van der Waals surface area contributed by atoms with Crippen LogP contribution in [0.2, 0.25) is 0 Å². The van der Waals surface area contributed by atoms with E-state index in [1.807, 2.05) is 6.92 Å². The smallest absolute Gasteiger partial charge is 0.328 e. The van der Waals surface area contributed by atoms with E-state index in [-0.39, 0.29) is 30.4 Å². The molecule has 212 valence electrons. The fourth-order valence-electron chi connectivity index (χ4n) is 5.01. The molecule has 2 aromatic rings. The van der Waals surface area contributed by atoms with Gasteiger partial charge in [-0.1, -0.05) is 32.3 Å². The van der Waals surface area contributed by atoms with Crippen molar-refractivity contribution in [2.24, 2.45) is 5.92 Å². The van der Waals surface area contributed by atoms with E-state index in [9.17, 15) is 19.2 Å². The van der Waals surface area contributed by atoms with Crippen molar-refractivity contribution in [3.8, 4) is 0 Å². The summed E-state index contributed by atoms with van der Waals surface area (Å²) in [5.41, 5.74) is -0.552. The molecule has 1 aliphatic carbocycles. The minimum absolute atomic E-state index is 0.0184. The van der Waals surface area contributed by atoms with Crippen LogP contribution in [0.1, 0.15) is 75.3 Å². The fraction of sp³-hybridized carbons (Fsp3) is 0.536. The van der Waals surface area contributed by atoms with Gasteiger partial charge in [-0.2, -0.15) is 5.10 Å². The van der Waals surface area contributed by atoms with Crippen molar-refractivity contribution in [3.05, 3.63) is 47.5 Å². The highest BCUT2D eigenvalue weighted by Gasteiger charge is 2.43. The van der Waals surface area contributed by atoms with Crippen LogP contribution in [0, 0.1) is 11.7 Å². The molecule has 0 unspecified atom stereocenters. The molecule has 0 spiro atoms. The van der Waals surface area contributed by atoms with Gasteiger partial charge in [-0.25, -0.2) is 9.18 Å². The van der Waals surface area contributed by atoms with Gasteiger partial charge in [0.25, 0.3) is 5.91 Å². The molecule has 1 heterocycles. The molecule has 1 aromatic heterocycles. The quantitative estimate of drug-likeness (QED) is 0.373. The molecule has 39 heavy (non-hydrogen) atoms. The number of halogens is 1. The predicted molar refractivity (Wildman–Crippen MR) is 143 cm³/mol. The van der Waals surface area contributed by atoms with Gasteiger partial charge in [0.1, 0.15) is 23.1 Å². The van der Waals surface area contributed by atoms with E-state index in [0.717, 1.165) is 32.1 Å². The van der Waals surface area contributed by atoms with Gasteiger partial charge in [0.15, 0.2) is 0 Å². The maximum Gasteiger partial charge on any atom is 0.328 e. The largest absolute Gasteiger partial charge is 0.467 e. The van der Waals surface area contributed by atoms with Crippen molar-refractivity contribution in [3.63, 3.8) is 0 Å². The zero-order chi connectivity index (χ0) is 28.6. The Bertz CT molecular complexity index is 1190. The number of amides is 3. The molecule has 1 aromatic carbocycles. The van der Waals surface area contributed by atoms with Gasteiger partial charge in [-0.15, -0.1) is 0 Å². The number of ether oxygens (including phenoxy) is 1. The molecule has 0 aliphatic heterocycles. The Hall–Kier alpha value is -3.76. The van der Waals surface area contributed by atoms with E-state index in [1.165, 1.54) is 25.4 Å². The van der Waals surface area contributed by atoms with Crippen LogP contribution in [0.5, 0.6) is 0 Å². The first-order valence-corrected chi connectivity index (χ1v) is 13.4. The summed E-state index contributed by atoms with van der Waals surface area (Å²) in [6, 6.07) is 4.82. The number of aromatic nitrogens is 2. The third-order valence-electron chi connectivity index (χ3n) is 7.38. The minimum Gasteiger partial charge on any atom is -0.467 e. The molecule has 3 N–H and O–H groups in total. The van der Waals surface area contributed by atoms with Gasteiger partial charge >= 0.3 is 5.97 Å². The van der Waals surface area contributed by atoms with Crippen molar-refractivity contribution in [1.82, 2.24) is 20.4 Å². The number of anilines is 1. The normalized spacial score (nSPS) is 16.0. The van der Waals surface area contributed by atoms with Gasteiger partial charge in [0, 0.05) is 25.6 Å². The Kier molecular flexibility index (Phi) is 10.2. The van der Waals surface area contributed by atoms with Gasteiger partial charge in [-0.05, 0) is 56.4 Å². The lowest BCUT2D eigenvalue weighted by molar-refractivity contribution is -0.145. The first-order chi connectivity index (χ1) is 18.6. The Morgan fingerprint density at radius 2 is 1.87 bits per heavy atom. The second-order valence-corrected chi connectivity index (χ2v) is 9.99. The Morgan fingerprint density at radius 3 is 2.49 bits per heavy atom. The third kappa shape index (κ3) is 7.21. The Balaban J connectivity index is 1.81. The number of hydrogen-bond donors (Lipinski definition) is 3. The molecule has 0 radical (unpaired) electrons. The van der Waals surface area contributed by atoms with Crippen LogP contribution < -0.4 is 16.0 Å². The summed E-state index contributed by atoms with van der Waals surface area (Å²) in [4.78, 5) is 50.8. The van der Waals surface area contributed by atoms with Crippen LogP contribution in [0.15, 0.2) is 30.5 Å². The summed E-state index contributed by atoms with van der Waals surface area (Å²) in [5, 5.41) is 12.3. The highest BCUT2D eigenvalue weighted by Crippen LogP contribution is 2.34. The SMILES string of the molecule is CCC(=O)N[C@H](Cc1ccc(NC(=O)[C@](C)(NC(=O)c2ccnn2CC)C2CCCCC2)c(F)c1)C(=O)OC. The summed E-state index contributed by atoms with van der Waals surface area (Å²) in [7, 11) is 1.21. The monoisotopic (exact) mass is 543 g/mol. The lowest BCUT2D eigenvalue weighted by Crippen LogP contribution is -2.60. The van der Waals surface area contributed by atoms with Crippen molar-refractivity contribution in [2.75, 3.05) is 12.4 Å². The summed E-state index contributed by atoms with van der Waals surface area (Å²) >= 11 is 0. The molecule has 1 aliphatic rings. The van der Waals surface area contributed by atoms with Crippen molar-refractivity contribution in [1.29, 1.82) is 0 Å². The van der Waals surface area contributed by atoms with Crippen LogP contribution in [0.25, 0.3) is 0 Å². The predicted octanol–water partition coefficient (Wildman–Crippen LogP) is 3.36. The molecule has 2 atom stereocenters. The van der Waals surface area contributed by atoms with Gasteiger partial charge < -0.3 is 20.7 Å². The summed E-state index contributed by atoms with van der Waals surface area (Å²) < 4.78 is 21.5. The molecule has 3 rings (SSSR count). The summed E-state index contributed by atoms with van der Waals surface area (Å²) in [6.07, 6.45) is 6.20. The number of carbonyl (C=O) groups is 4. The number of nitrogens with one attached hydrogen (secondary N) is 3. The molecule has 0 bridgehead atoms. The van der Waals surface area contributed by atoms with E-state index in [1.54, 1.807) is 30.7 Å². The van der Waals surface area contributed by atoms with Crippen molar-refractivity contribution in [2.45, 2.75) is 83.8 Å². The van der Waals surface area contributed by atoms with Gasteiger partial charge in [-0.3, -0.25) is 19.1 Å². The van der Waals surface area contributed by atoms with E-state index >= 15 is 4.39 Å². The highest BCUT2D eigenvalue weighted by molar-refractivity contribution is 6.03. The summed E-state index contributed by atoms with van der Waals surface area (Å²) in [5.74, 6) is -2.74. The lowest BCUT2D eigenvalue weighted by Gasteiger charge is -2.39. The first-order valence-electron chi connectivity index (χ1n) is 13.4. The first kappa shape index (κ1) is 29.8. The molecule has 11 heteroatoms. The summed E-state index contributed by atoms with van der Waals surface area (Å²) in [6.45, 7) is 5.71. The second kappa shape index (κ2) is 13.3. The van der Waals surface area contributed by atoms with Gasteiger partial charge in [0.2, 0.25) is 11.8 Å². The molecule has 0 saturated heterocycles. The van der Waals surface area contributed by atoms with Crippen LogP contribution in [0.3, 0.4) is 0 Å². The molecule has 1 saturated carbocycles. The van der Waals surface area contributed by atoms with Crippen LogP contribution in [0.4, 0.5) is 10.1 Å². The number of rotatable bonds is 11. The average Bonchev–Trinajstić information content (AvgIpc) is 3.43. The van der Waals surface area contributed by atoms with E-state index in [4.69, 9.17) is 4.74 Å². The van der Waals surface area contributed by atoms with Crippen LogP contribution >= 0.6 is 0 Å². The number of benzene rings is 1. The zero-order valence-corrected chi connectivity index (χ0v) is 23.0. The van der Waals surface area contributed by atoms with Crippen LogP contribution in [-0.4, -0.2) is 52.2 Å². The third-order valence-corrected chi connectivity index (χ3v) is 7.38. The number of esters is 1. The van der Waals surface area contributed by atoms with E-state index < -0.39 is 35.2 Å². The maximum absolute atomic E-state index is 15.2. The molecule has 1 fully saturated rings. The molecular formula is C28H38FN5O5. The minimum atomic E-state index is -1.29. The lowest BCUT2D eigenvalue weighted by atomic mass is 9.75. The topological polar surface area (TPSA) is 131 Å². The number of carbonyl (C=O) groups excluding carboxylic acids is 4. The van der Waals surface area contributed by atoms with Gasteiger partial charge in [0.05, 0.1) is 12.8 Å². The highest BCUT2D eigenvalue weighted by atomic mass is 19.1. The standard InChI is InChI=1S/C28H38FN5O5/c1-5-24(35)31-22(26(37)39-4)17-18-12-13-21(20(29)16-18)32-27(38)28(3,19-10-8-7-9-11-19)33-25(36)23-14-15-30-34(23)6-2/h12-16,19,22H,5-11,17H2,1-4H3,(H,31,35)(H,32,38)(H,33,36)/t22-,28-/m1/s1. The van der Waals surface area contributed by atoms with E-state index in [0.29, 0.717) is 17.8 Å². The van der Waals surface area contributed by atoms with E-state index in [2.05, 4.69) is 21.0 Å². The Morgan fingerprint density at radius 1 is 1.15 bits per heavy atom. The second-order valence-electron chi connectivity index (χ2n) is 9.99. The fourth-order valence-corrected chi connectivity index (χ4v) is 5.01. The average molecular weight is 544 g/mol. The van der Waals surface area contributed by atoms with Crippen molar-refractivity contribution < 1.29 is 28.3 Å². The number of nitrogens with zero attached hydrogens (tertiary/aromatic N) is 2. The van der Waals surface area contributed by atoms with Crippen molar-refractivity contribution >= 4 is 29.4 Å². The Labute approximate surface area is 228 Å². The number of aryl methyl sites for hydroxylation is 1. The molecule has 3 amide bonds. The maximum atomic E-state index is 15.2.